The summed E-state index contributed by atoms with van der Waals surface area (Å²) in [6.45, 7) is 5.86. The van der Waals surface area contributed by atoms with Crippen LogP contribution in [0.2, 0.25) is 0 Å². The van der Waals surface area contributed by atoms with Gasteiger partial charge in [-0.05, 0) is 18.2 Å². The molecule has 1 aromatic carbocycles. The van der Waals surface area contributed by atoms with Gasteiger partial charge < -0.3 is 10.2 Å². The van der Waals surface area contributed by atoms with E-state index in [0.717, 1.165) is 31.9 Å². The van der Waals surface area contributed by atoms with Crippen molar-refractivity contribution in [1.82, 2.24) is 10.0 Å². The first-order valence-corrected chi connectivity index (χ1v) is 7.67. The number of piperazine rings is 1. The quantitative estimate of drug-likeness (QED) is 0.830. The third-order valence-electron chi connectivity index (χ3n) is 2.94. The van der Waals surface area contributed by atoms with Crippen LogP contribution in [0.15, 0.2) is 29.2 Å². The Morgan fingerprint density at radius 2 is 2.06 bits per heavy atom. The second-order valence-electron chi connectivity index (χ2n) is 4.24. The minimum atomic E-state index is -3.36. The van der Waals surface area contributed by atoms with Gasteiger partial charge in [-0.2, -0.15) is 0 Å². The first-order valence-electron chi connectivity index (χ1n) is 6.19. The summed E-state index contributed by atoms with van der Waals surface area (Å²) in [5.41, 5.74) is 0.968. The summed E-state index contributed by atoms with van der Waals surface area (Å²) in [6, 6.07) is 7.12. The number of sulfonamides is 1. The number of hydrogen-bond acceptors (Lipinski definition) is 4. The summed E-state index contributed by atoms with van der Waals surface area (Å²) in [4.78, 5) is 2.53. The number of nitrogens with zero attached hydrogens (tertiary/aromatic N) is 1. The van der Waals surface area contributed by atoms with E-state index in [2.05, 4.69) is 14.9 Å². The minimum absolute atomic E-state index is 0.334. The SMILES string of the molecule is CCNS(=O)(=O)c1cccc(N2CCNCC2)c1. The van der Waals surface area contributed by atoms with Gasteiger partial charge in [0, 0.05) is 38.4 Å². The van der Waals surface area contributed by atoms with Gasteiger partial charge in [-0.25, -0.2) is 13.1 Å². The van der Waals surface area contributed by atoms with Crippen LogP contribution in [0.5, 0.6) is 0 Å². The molecule has 1 aliphatic heterocycles. The van der Waals surface area contributed by atoms with Gasteiger partial charge in [-0.15, -0.1) is 0 Å². The summed E-state index contributed by atoms with van der Waals surface area (Å²) in [5.74, 6) is 0. The molecule has 1 aromatic rings. The fraction of sp³-hybridized carbons (Fsp3) is 0.500. The van der Waals surface area contributed by atoms with Crippen molar-refractivity contribution in [3.8, 4) is 0 Å². The van der Waals surface area contributed by atoms with Crippen LogP contribution in [0.4, 0.5) is 5.69 Å². The van der Waals surface area contributed by atoms with E-state index in [1.807, 2.05) is 6.07 Å². The molecule has 0 bridgehead atoms. The average molecular weight is 269 g/mol. The molecule has 0 spiro atoms. The Balaban J connectivity index is 2.24. The summed E-state index contributed by atoms with van der Waals surface area (Å²) < 4.78 is 26.4. The van der Waals surface area contributed by atoms with Gasteiger partial charge in [0.15, 0.2) is 0 Å². The number of anilines is 1. The first-order chi connectivity index (χ1) is 8.63. The Labute approximate surface area is 108 Å². The van der Waals surface area contributed by atoms with Crippen molar-refractivity contribution in [1.29, 1.82) is 0 Å². The van der Waals surface area contributed by atoms with E-state index in [0.29, 0.717) is 11.4 Å². The van der Waals surface area contributed by atoms with E-state index in [4.69, 9.17) is 0 Å². The third-order valence-corrected chi connectivity index (χ3v) is 4.49. The van der Waals surface area contributed by atoms with Crippen LogP contribution < -0.4 is 14.9 Å². The average Bonchev–Trinajstić information content (AvgIpc) is 2.40. The predicted octanol–water partition coefficient (Wildman–Crippen LogP) is 0.394. The lowest BCUT2D eigenvalue weighted by Gasteiger charge is -2.29. The van der Waals surface area contributed by atoms with Crippen LogP contribution in [0, 0.1) is 0 Å². The molecule has 1 aliphatic rings. The lowest BCUT2D eigenvalue weighted by atomic mass is 10.2. The molecule has 2 N–H and O–H groups in total. The fourth-order valence-corrected chi connectivity index (χ4v) is 3.12. The molecule has 0 aliphatic carbocycles. The molecule has 0 saturated carbocycles. The molecule has 1 fully saturated rings. The summed E-state index contributed by atoms with van der Waals surface area (Å²) >= 11 is 0. The van der Waals surface area contributed by atoms with Crippen molar-refractivity contribution in [2.45, 2.75) is 11.8 Å². The van der Waals surface area contributed by atoms with Gasteiger partial charge in [0.25, 0.3) is 0 Å². The van der Waals surface area contributed by atoms with Gasteiger partial charge in [-0.1, -0.05) is 13.0 Å². The van der Waals surface area contributed by atoms with Gasteiger partial charge >= 0.3 is 0 Å². The molecule has 0 atom stereocenters. The lowest BCUT2D eigenvalue weighted by Crippen LogP contribution is -2.43. The molecule has 2 rings (SSSR count). The highest BCUT2D eigenvalue weighted by Crippen LogP contribution is 2.19. The number of nitrogens with one attached hydrogen (secondary N) is 2. The molecular weight excluding hydrogens is 250 g/mol. The molecule has 0 radical (unpaired) electrons. The topological polar surface area (TPSA) is 61.4 Å². The van der Waals surface area contributed by atoms with E-state index in [-0.39, 0.29) is 0 Å². The summed E-state index contributed by atoms with van der Waals surface area (Å²) in [5, 5.41) is 3.28. The number of rotatable bonds is 4. The van der Waals surface area contributed by atoms with E-state index < -0.39 is 10.0 Å². The zero-order valence-corrected chi connectivity index (χ0v) is 11.3. The van der Waals surface area contributed by atoms with Crippen molar-refractivity contribution in [2.75, 3.05) is 37.6 Å². The zero-order valence-electron chi connectivity index (χ0n) is 10.5. The molecule has 5 nitrogen and oxygen atoms in total. The lowest BCUT2D eigenvalue weighted by molar-refractivity contribution is 0.582. The maximum absolute atomic E-state index is 11.9. The summed E-state index contributed by atoms with van der Waals surface area (Å²) in [7, 11) is -3.36. The molecule has 100 valence electrons. The van der Waals surface area contributed by atoms with Crippen LogP contribution in [0.25, 0.3) is 0 Å². The van der Waals surface area contributed by atoms with Crippen LogP contribution in [0.3, 0.4) is 0 Å². The Kier molecular flexibility index (Phi) is 4.21. The highest BCUT2D eigenvalue weighted by Gasteiger charge is 2.16. The van der Waals surface area contributed by atoms with Crippen molar-refractivity contribution in [3.05, 3.63) is 24.3 Å². The van der Waals surface area contributed by atoms with Crippen molar-refractivity contribution >= 4 is 15.7 Å². The predicted molar refractivity (Wildman–Crippen MR) is 72.4 cm³/mol. The highest BCUT2D eigenvalue weighted by molar-refractivity contribution is 7.89. The van der Waals surface area contributed by atoms with Crippen LogP contribution in [-0.4, -0.2) is 41.1 Å². The van der Waals surface area contributed by atoms with Gasteiger partial charge in [-0.3, -0.25) is 0 Å². The van der Waals surface area contributed by atoms with Gasteiger partial charge in [0.1, 0.15) is 0 Å². The third kappa shape index (κ3) is 3.01. The Morgan fingerprint density at radius 3 is 2.72 bits per heavy atom. The number of benzene rings is 1. The largest absolute Gasteiger partial charge is 0.369 e. The normalized spacial score (nSPS) is 16.8. The first kappa shape index (κ1) is 13.3. The van der Waals surface area contributed by atoms with E-state index in [1.54, 1.807) is 25.1 Å². The zero-order chi connectivity index (χ0) is 13.0. The van der Waals surface area contributed by atoms with Crippen LogP contribution in [0.1, 0.15) is 6.92 Å². The molecule has 1 heterocycles. The van der Waals surface area contributed by atoms with Crippen molar-refractivity contribution < 1.29 is 8.42 Å². The van der Waals surface area contributed by atoms with Crippen molar-refractivity contribution in [3.63, 3.8) is 0 Å². The van der Waals surface area contributed by atoms with E-state index in [9.17, 15) is 8.42 Å². The fourth-order valence-electron chi connectivity index (χ4n) is 2.04. The van der Waals surface area contributed by atoms with Crippen molar-refractivity contribution in [2.24, 2.45) is 0 Å². The second kappa shape index (κ2) is 5.69. The Morgan fingerprint density at radius 1 is 1.33 bits per heavy atom. The molecule has 1 saturated heterocycles. The highest BCUT2D eigenvalue weighted by atomic mass is 32.2. The standard InChI is InChI=1S/C12H19N3O2S/c1-2-14-18(16,17)12-5-3-4-11(10-12)15-8-6-13-7-9-15/h3-5,10,13-14H,2,6-9H2,1H3. The maximum Gasteiger partial charge on any atom is 0.240 e. The summed E-state index contributed by atoms with van der Waals surface area (Å²) in [6.07, 6.45) is 0. The van der Waals surface area contributed by atoms with Crippen LogP contribution >= 0.6 is 0 Å². The Hall–Kier alpha value is -1.11. The molecular formula is C12H19N3O2S. The molecule has 18 heavy (non-hydrogen) atoms. The van der Waals surface area contributed by atoms with E-state index in [1.165, 1.54) is 0 Å². The molecule has 6 heteroatoms. The second-order valence-corrected chi connectivity index (χ2v) is 6.00. The minimum Gasteiger partial charge on any atom is -0.369 e. The molecule has 0 unspecified atom stereocenters. The van der Waals surface area contributed by atoms with E-state index >= 15 is 0 Å². The molecule has 0 amide bonds. The van der Waals surface area contributed by atoms with Gasteiger partial charge in [0.2, 0.25) is 10.0 Å². The molecule has 0 aromatic heterocycles. The Bertz CT molecular complexity index is 496. The van der Waals surface area contributed by atoms with Gasteiger partial charge in [0.05, 0.1) is 4.90 Å². The monoisotopic (exact) mass is 269 g/mol. The van der Waals surface area contributed by atoms with Crippen LogP contribution in [-0.2, 0) is 10.0 Å². The number of hydrogen-bond donors (Lipinski definition) is 2. The maximum atomic E-state index is 11.9. The smallest absolute Gasteiger partial charge is 0.240 e.